The smallest absolute Gasteiger partial charge is 0.305 e. The third-order valence-corrected chi connectivity index (χ3v) is 2.36. The number of H-pyrrole nitrogens is 1. The number of carbonyl (C=O) groups is 2. The van der Waals surface area contributed by atoms with Crippen LogP contribution in [0.4, 0.5) is 0 Å². The molecule has 17 heavy (non-hydrogen) atoms. The van der Waals surface area contributed by atoms with Crippen molar-refractivity contribution in [3.05, 3.63) is 12.2 Å². The van der Waals surface area contributed by atoms with E-state index in [2.05, 4.69) is 20.5 Å². The second-order valence-electron chi connectivity index (χ2n) is 4.82. The Labute approximate surface area is 98.6 Å². The van der Waals surface area contributed by atoms with Crippen LogP contribution in [0.3, 0.4) is 0 Å². The first-order chi connectivity index (χ1) is 7.80. The van der Waals surface area contributed by atoms with E-state index in [4.69, 9.17) is 5.11 Å². The number of rotatable bonds is 4. The van der Waals surface area contributed by atoms with Crippen molar-refractivity contribution in [3.63, 3.8) is 0 Å². The van der Waals surface area contributed by atoms with Crippen molar-refractivity contribution < 1.29 is 14.7 Å². The van der Waals surface area contributed by atoms with Crippen molar-refractivity contribution in [2.75, 3.05) is 0 Å². The fraction of sp³-hybridized carbons (Fsp3) is 0.600. The quantitative estimate of drug-likeness (QED) is 0.707. The minimum atomic E-state index is -0.956. The summed E-state index contributed by atoms with van der Waals surface area (Å²) in [6.45, 7) is 5.59. The van der Waals surface area contributed by atoms with Crippen LogP contribution in [-0.2, 0) is 4.79 Å². The van der Waals surface area contributed by atoms with Gasteiger partial charge in [-0.2, -0.15) is 5.10 Å². The van der Waals surface area contributed by atoms with Crippen LogP contribution < -0.4 is 5.32 Å². The van der Waals surface area contributed by atoms with Gasteiger partial charge in [0.25, 0.3) is 5.91 Å². The summed E-state index contributed by atoms with van der Waals surface area (Å²) in [5.74, 6) is -1.34. The average molecular weight is 240 g/mol. The lowest BCUT2D eigenvalue weighted by Gasteiger charge is -2.29. The number of carboxylic acids is 1. The largest absolute Gasteiger partial charge is 0.481 e. The minimum absolute atomic E-state index is 0.0737. The zero-order chi connectivity index (χ0) is 13.1. The van der Waals surface area contributed by atoms with Crippen LogP contribution in [0.1, 0.15) is 37.8 Å². The molecule has 1 unspecified atom stereocenters. The fourth-order valence-corrected chi connectivity index (χ4v) is 1.29. The van der Waals surface area contributed by atoms with Crippen molar-refractivity contribution in [1.82, 2.24) is 20.5 Å². The van der Waals surface area contributed by atoms with Crippen LogP contribution in [0.2, 0.25) is 0 Å². The van der Waals surface area contributed by atoms with E-state index in [1.807, 2.05) is 20.8 Å². The van der Waals surface area contributed by atoms with Gasteiger partial charge in [0.15, 0.2) is 0 Å². The number of aromatic amines is 1. The van der Waals surface area contributed by atoms with Crippen molar-refractivity contribution in [2.45, 2.75) is 33.2 Å². The molecule has 0 saturated heterocycles. The van der Waals surface area contributed by atoms with E-state index >= 15 is 0 Å². The summed E-state index contributed by atoms with van der Waals surface area (Å²) in [4.78, 5) is 26.1. The SMILES string of the molecule is CC(C)(C)C(CC(=O)O)NC(=O)c1ncn[nH]1. The molecule has 0 saturated carbocycles. The van der Waals surface area contributed by atoms with Gasteiger partial charge < -0.3 is 10.4 Å². The van der Waals surface area contributed by atoms with Gasteiger partial charge in [-0.1, -0.05) is 20.8 Å². The second-order valence-corrected chi connectivity index (χ2v) is 4.82. The maximum atomic E-state index is 11.7. The predicted molar refractivity (Wildman–Crippen MR) is 59.3 cm³/mol. The normalized spacial score (nSPS) is 13.1. The Morgan fingerprint density at radius 1 is 1.53 bits per heavy atom. The summed E-state index contributed by atoms with van der Waals surface area (Å²) in [6.07, 6.45) is 1.08. The van der Waals surface area contributed by atoms with Gasteiger partial charge in [-0.3, -0.25) is 14.7 Å². The van der Waals surface area contributed by atoms with E-state index in [1.54, 1.807) is 0 Å². The third kappa shape index (κ3) is 3.86. The number of carboxylic acid groups (broad SMARTS) is 1. The molecule has 1 amide bonds. The highest BCUT2D eigenvalue weighted by atomic mass is 16.4. The van der Waals surface area contributed by atoms with Gasteiger partial charge in [-0.25, -0.2) is 4.98 Å². The minimum Gasteiger partial charge on any atom is -0.481 e. The first kappa shape index (κ1) is 13.1. The molecule has 0 aliphatic carbocycles. The third-order valence-electron chi connectivity index (χ3n) is 2.36. The van der Waals surface area contributed by atoms with Crippen molar-refractivity contribution in [3.8, 4) is 0 Å². The molecule has 0 aliphatic rings. The van der Waals surface area contributed by atoms with E-state index < -0.39 is 17.9 Å². The Kier molecular flexibility index (Phi) is 3.82. The van der Waals surface area contributed by atoms with Gasteiger partial charge in [-0.15, -0.1) is 0 Å². The van der Waals surface area contributed by atoms with Crippen LogP contribution in [0.15, 0.2) is 6.33 Å². The average Bonchev–Trinajstić information content (AvgIpc) is 2.66. The molecule has 1 aromatic heterocycles. The molecule has 1 rings (SSSR count). The van der Waals surface area contributed by atoms with E-state index in [1.165, 1.54) is 6.33 Å². The molecule has 0 aliphatic heterocycles. The lowest BCUT2D eigenvalue weighted by atomic mass is 9.84. The summed E-state index contributed by atoms with van der Waals surface area (Å²) in [5, 5.41) is 17.4. The molecule has 1 heterocycles. The van der Waals surface area contributed by atoms with Gasteiger partial charge in [0.2, 0.25) is 5.82 Å². The zero-order valence-electron chi connectivity index (χ0n) is 10.0. The van der Waals surface area contributed by atoms with E-state index in [0.29, 0.717) is 0 Å². The highest BCUT2D eigenvalue weighted by Crippen LogP contribution is 2.22. The van der Waals surface area contributed by atoms with Gasteiger partial charge in [-0.05, 0) is 5.41 Å². The Hall–Kier alpha value is -1.92. The van der Waals surface area contributed by atoms with E-state index in [9.17, 15) is 9.59 Å². The van der Waals surface area contributed by atoms with Gasteiger partial charge in [0.1, 0.15) is 6.33 Å². The summed E-state index contributed by atoms with van der Waals surface area (Å²) in [6, 6.07) is -0.474. The Balaban J connectivity index is 2.73. The second kappa shape index (κ2) is 4.94. The van der Waals surface area contributed by atoms with Gasteiger partial charge in [0.05, 0.1) is 6.42 Å². The highest BCUT2D eigenvalue weighted by Gasteiger charge is 2.29. The highest BCUT2D eigenvalue weighted by molar-refractivity contribution is 5.90. The molecule has 0 fully saturated rings. The molecule has 0 radical (unpaired) electrons. The molecule has 94 valence electrons. The lowest BCUT2D eigenvalue weighted by molar-refractivity contribution is -0.138. The summed E-state index contributed by atoms with van der Waals surface area (Å²) >= 11 is 0. The fourth-order valence-electron chi connectivity index (χ4n) is 1.29. The van der Waals surface area contributed by atoms with Crippen molar-refractivity contribution in [1.29, 1.82) is 0 Å². The lowest BCUT2D eigenvalue weighted by Crippen LogP contribution is -2.45. The molecule has 0 aromatic carbocycles. The molecule has 7 nitrogen and oxygen atoms in total. The Bertz CT molecular complexity index is 394. The van der Waals surface area contributed by atoms with E-state index in [0.717, 1.165) is 0 Å². The summed E-state index contributed by atoms with van der Waals surface area (Å²) in [7, 11) is 0. The number of aliphatic carboxylic acids is 1. The van der Waals surface area contributed by atoms with Crippen LogP contribution in [0.25, 0.3) is 0 Å². The van der Waals surface area contributed by atoms with Crippen LogP contribution >= 0.6 is 0 Å². The maximum Gasteiger partial charge on any atom is 0.305 e. The number of carbonyl (C=O) groups excluding carboxylic acids is 1. The molecule has 3 N–H and O–H groups in total. The standard InChI is InChI=1S/C10H16N4O3/c1-10(2,3)6(4-7(15)16)13-9(17)8-11-5-12-14-8/h5-6H,4H2,1-3H3,(H,13,17)(H,15,16)(H,11,12,14). The first-order valence-corrected chi connectivity index (χ1v) is 5.18. The Morgan fingerprint density at radius 2 is 2.18 bits per heavy atom. The first-order valence-electron chi connectivity index (χ1n) is 5.18. The number of nitrogens with zero attached hydrogens (tertiary/aromatic N) is 2. The molecule has 0 bridgehead atoms. The summed E-state index contributed by atoms with van der Waals surface area (Å²) in [5.41, 5.74) is -0.353. The Morgan fingerprint density at radius 3 is 2.59 bits per heavy atom. The topological polar surface area (TPSA) is 108 Å². The molecule has 7 heteroatoms. The summed E-state index contributed by atoms with van der Waals surface area (Å²) < 4.78 is 0. The molecule has 1 atom stereocenters. The molecule has 1 aromatic rings. The predicted octanol–water partition coefficient (Wildman–Crippen LogP) is 0.424. The van der Waals surface area contributed by atoms with E-state index in [-0.39, 0.29) is 17.7 Å². The number of hydrogen-bond donors (Lipinski definition) is 3. The van der Waals surface area contributed by atoms with Crippen molar-refractivity contribution >= 4 is 11.9 Å². The van der Waals surface area contributed by atoms with Crippen LogP contribution in [-0.4, -0.2) is 38.2 Å². The maximum absolute atomic E-state index is 11.7. The van der Waals surface area contributed by atoms with Crippen LogP contribution in [0.5, 0.6) is 0 Å². The van der Waals surface area contributed by atoms with Crippen molar-refractivity contribution in [2.24, 2.45) is 5.41 Å². The zero-order valence-corrected chi connectivity index (χ0v) is 10.0. The monoisotopic (exact) mass is 240 g/mol. The number of nitrogens with one attached hydrogen (secondary N) is 2. The number of amides is 1. The van der Waals surface area contributed by atoms with Crippen LogP contribution in [0, 0.1) is 5.41 Å². The number of hydrogen-bond acceptors (Lipinski definition) is 4. The van der Waals surface area contributed by atoms with Gasteiger partial charge >= 0.3 is 5.97 Å². The number of aromatic nitrogens is 3. The molecular formula is C10H16N4O3. The van der Waals surface area contributed by atoms with Gasteiger partial charge in [0, 0.05) is 6.04 Å². The molecule has 0 spiro atoms. The molecular weight excluding hydrogens is 224 g/mol.